The highest BCUT2D eigenvalue weighted by molar-refractivity contribution is 6.32. The number of nitrogens with zero attached hydrogens (tertiary/aromatic N) is 3. The van der Waals surface area contributed by atoms with Crippen LogP contribution in [-0.4, -0.2) is 14.0 Å². The standard InChI is InChI=1S/C56H35N3/c1-34-15-14-28-54-55(34)57-56-58(52-26-12-13-27-53(52)59(54)56)35-29-30-46-40-20-6-9-23-43(40)50-32-48-41-21-7-4-18-38(41)36-16-2-3-17-37(36)39-19-5-8-22-42(39)49(48)33-51(50)45-25-11-10-24-44(45)47(46)31-35/h2-33H,1H3. The molecule has 0 aliphatic heterocycles. The van der Waals surface area contributed by atoms with Crippen LogP contribution >= 0.6 is 0 Å². The summed E-state index contributed by atoms with van der Waals surface area (Å²) in [4.78, 5) is 5.31. The van der Waals surface area contributed by atoms with Crippen LogP contribution in [0.3, 0.4) is 0 Å². The summed E-state index contributed by atoms with van der Waals surface area (Å²) in [6.07, 6.45) is 0. The molecular formula is C56H35N3. The Kier molecular flexibility index (Phi) is 6.65. The summed E-state index contributed by atoms with van der Waals surface area (Å²) >= 11 is 0. The van der Waals surface area contributed by atoms with E-state index in [2.05, 4.69) is 210 Å². The first-order valence-corrected chi connectivity index (χ1v) is 20.4. The third-order valence-electron chi connectivity index (χ3n) is 12.8. The van der Waals surface area contributed by atoms with Gasteiger partial charge in [-0.1, -0.05) is 152 Å². The molecule has 0 atom stereocenters. The van der Waals surface area contributed by atoms with E-state index in [1.54, 1.807) is 0 Å². The van der Waals surface area contributed by atoms with Crippen molar-refractivity contribution in [3.8, 4) is 5.69 Å². The minimum Gasteiger partial charge on any atom is -0.278 e. The highest BCUT2D eigenvalue weighted by Crippen LogP contribution is 2.42. The first-order chi connectivity index (χ1) is 29.2. The summed E-state index contributed by atoms with van der Waals surface area (Å²) in [5, 5.41) is 19.8. The topological polar surface area (TPSA) is 22.2 Å². The number of hydrogen-bond donors (Lipinski definition) is 0. The molecule has 2 aromatic heterocycles. The third-order valence-corrected chi connectivity index (χ3v) is 12.8. The van der Waals surface area contributed by atoms with E-state index in [0.717, 1.165) is 33.5 Å². The van der Waals surface area contributed by atoms with E-state index in [1.807, 2.05) is 0 Å². The van der Waals surface area contributed by atoms with Crippen LogP contribution in [0.1, 0.15) is 5.56 Å². The fraction of sp³-hybridized carbons (Fsp3) is 0.0179. The lowest BCUT2D eigenvalue weighted by Gasteiger charge is -2.14. The number of benzene rings is 9. The predicted octanol–water partition coefficient (Wildman–Crippen LogP) is 15.1. The fourth-order valence-corrected chi connectivity index (χ4v) is 10.2. The van der Waals surface area contributed by atoms with Gasteiger partial charge in [0.2, 0.25) is 5.78 Å². The maximum absolute atomic E-state index is 5.31. The van der Waals surface area contributed by atoms with E-state index in [9.17, 15) is 0 Å². The smallest absolute Gasteiger partial charge is 0.220 e. The molecule has 0 N–H and O–H groups in total. The first kappa shape index (κ1) is 32.3. The van der Waals surface area contributed by atoms with Gasteiger partial charge < -0.3 is 0 Å². The third kappa shape index (κ3) is 4.50. The Morgan fingerprint density at radius 2 is 0.661 bits per heavy atom. The molecule has 0 saturated heterocycles. The lowest BCUT2D eigenvalue weighted by molar-refractivity contribution is 1.11. The summed E-state index contributed by atoms with van der Waals surface area (Å²) in [6.45, 7) is 2.15. The maximum Gasteiger partial charge on any atom is 0.220 e. The van der Waals surface area contributed by atoms with Crippen molar-refractivity contribution in [1.29, 1.82) is 0 Å². The number of aryl methyl sites for hydroxylation is 1. The van der Waals surface area contributed by atoms with Crippen LogP contribution in [0.5, 0.6) is 0 Å². The molecule has 0 amide bonds. The molecule has 11 aromatic carbocycles. The number of fused-ring (bicyclic) bond motifs is 21. The molecule has 0 spiro atoms. The summed E-state index contributed by atoms with van der Waals surface area (Å²) < 4.78 is 4.65. The van der Waals surface area contributed by atoms with Crippen LogP contribution in [-0.2, 0) is 0 Å². The Morgan fingerprint density at radius 1 is 0.305 bits per heavy atom. The SMILES string of the molecule is Cc1cccc2c1nc1n(-c3ccc4c5ccccc5c5cc6c7ccccc7c7ccccc7c7ccccc7c6cc5c5ccccc5c4c3)c3ccccc3n21. The van der Waals surface area contributed by atoms with Crippen LogP contribution in [0.2, 0.25) is 0 Å². The molecule has 0 saturated carbocycles. The highest BCUT2D eigenvalue weighted by atomic mass is 15.2. The van der Waals surface area contributed by atoms with Crippen molar-refractivity contribution >= 4 is 114 Å². The van der Waals surface area contributed by atoms with Crippen molar-refractivity contribution in [2.24, 2.45) is 0 Å². The Hall–Kier alpha value is -7.75. The van der Waals surface area contributed by atoms with Crippen molar-refractivity contribution < 1.29 is 0 Å². The van der Waals surface area contributed by atoms with E-state index in [-0.39, 0.29) is 0 Å². The van der Waals surface area contributed by atoms with E-state index in [1.165, 1.54) is 91.7 Å². The molecule has 13 aromatic rings. The Bertz CT molecular complexity index is 4030. The van der Waals surface area contributed by atoms with Gasteiger partial charge in [0, 0.05) is 5.69 Å². The van der Waals surface area contributed by atoms with Gasteiger partial charge in [0.1, 0.15) is 0 Å². The number of rotatable bonds is 1. The number of hydrogen-bond acceptors (Lipinski definition) is 1. The molecule has 0 fully saturated rings. The predicted molar refractivity (Wildman–Crippen MR) is 252 cm³/mol. The zero-order valence-electron chi connectivity index (χ0n) is 32.3. The molecule has 0 aliphatic rings. The van der Waals surface area contributed by atoms with E-state index in [0.29, 0.717) is 0 Å². The summed E-state index contributed by atoms with van der Waals surface area (Å²) in [7, 11) is 0. The average Bonchev–Trinajstić information content (AvgIpc) is 3.83. The lowest BCUT2D eigenvalue weighted by Crippen LogP contribution is -1.95. The summed E-state index contributed by atoms with van der Waals surface area (Å²) in [5.74, 6) is 0.916. The van der Waals surface area contributed by atoms with Gasteiger partial charge in [0.05, 0.1) is 22.1 Å². The molecule has 3 heteroatoms. The highest BCUT2D eigenvalue weighted by Gasteiger charge is 2.19. The molecule has 0 radical (unpaired) electrons. The van der Waals surface area contributed by atoms with Crippen LogP contribution in [0.25, 0.3) is 120 Å². The van der Waals surface area contributed by atoms with Crippen LogP contribution < -0.4 is 0 Å². The van der Waals surface area contributed by atoms with Crippen LogP contribution in [0.15, 0.2) is 194 Å². The summed E-state index contributed by atoms with van der Waals surface area (Å²) in [5.41, 5.74) is 6.68. The van der Waals surface area contributed by atoms with Gasteiger partial charge in [0.25, 0.3) is 0 Å². The van der Waals surface area contributed by atoms with Gasteiger partial charge in [-0.25, -0.2) is 4.98 Å². The second-order valence-electron chi connectivity index (χ2n) is 15.9. The van der Waals surface area contributed by atoms with Crippen molar-refractivity contribution in [2.75, 3.05) is 0 Å². The average molecular weight is 750 g/mol. The zero-order valence-corrected chi connectivity index (χ0v) is 32.3. The minimum atomic E-state index is 0.916. The molecule has 59 heavy (non-hydrogen) atoms. The molecule has 0 aliphatic carbocycles. The van der Waals surface area contributed by atoms with Crippen molar-refractivity contribution in [3.63, 3.8) is 0 Å². The second-order valence-corrected chi connectivity index (χ2v) is 15.9. The first-order valence-electron chi connectivity index (χ1n) is 20.4. The van der Waals surface area contributed by atoms with Gasteiger partial charge in [0.15, 0.2) is 0 Å². The van der Waals surface area contributed by atoms with E-state index >= 15 is 0 Å². The molecule has 0 bridgehead atoms. The van der Waals surface area contributed by atoms with Crippen molar-refractivity contribution in [3.05, 3.63) is 200 Å². The number of para-hydroxylation sites is 3. The van der Waals surface area contributed by atoms with Gasteiger partial charge in [-0.05, 0) is 141 Å². The second kappa shape index (κ2) is 12.1. The molecule has 274 valence electrons. The van der Waals surface area contributed by atoms with E-state index in [4.69, 9.17) is 4.98 Å². The quantitative estimate of drug-likeness (QED) is 0.164. The Morgan fingerprint density at radius 3 is 1.12 bits per heavy atom. The van der Waals surface area contributed by atoms with Crippen LogP contribution in [0, 0.1) is 6.92 Å². The lowest BCUT2D eigenvalue weighted by atomic mass is 9.90. The largest absolute Gasteiger partial charge is 0.278 e. The van der Waals surface area contributed by atoms with Crippen LogP contribution in [0.4, 0.5) is 0 Å². The van der Waals surface area contributed by atoms with Gasteiger partial charge in [-0.2, -0.15) is 0 Å². The van der Waals surface area contributed by atoms with Gasteiger partial charge in [-0.15, -0.1) is 0 Å². The van der Waals surface area contributed by atoms with Gasteiger partial charge in [-0.3, -0.25) is 8.97 Å². The monoisotopic (exact) mass is 749 g/mol. The minimum absolute atomic E-state index is 0.916. The molecular weight excluding hydrogens is 715 g/mol. The molecule has 2 heterocycles. The van der Waals surface area contributed by atoms with Crippen molar-refractivity contribution in [2.45, 2.75) is 6.92 Å². The fourth-order valence-electron chi connectivity index (χ4n) is 10.2. The summed E-state index contributed by atoms with van der Waals surface area (Å²) in [6, 6.07) is 71.9. The van der Waals surface area contributed by atoms with Gasteiger partial charge >= 0.3 is 0 Å². The molecule has 0 unspecified atom stereocenters. The van der Waals surface area contributed by atoms with E-state index < -0.39 is 0 Å². The Labute approximate surface area is 338 Å². The number of imidazole rings is 2. The molecule has 3 nitrogen and oxygen atoms in total. The Balaban J connectivity index is 1.24. The normalized spacial score (nSPS) is 12.2. The molecule has 13 rings (SSSR count). The number of aromatic nitrogens is 3. The van der Waals surface area contributed by atoms with Crippen molar-refractivity contribution in [1.82, 2.24) is 14.0 Å². The maximum atomic E-state index is 5.31. The zero-order chi connectivity index (χ0) is 38.8.